The van der Waals surface area contributed by atoms with E-state index in [2.05, 4.69) is 42.2 Å². The second-order valence-electron chi connectivity index (χ2n) is 6.77. The van der Waals surface area contributed by atoms with Crippen LogP contribution in [-0.4, -0.2) is 19.0 Å². The Morgan fingerprint density at radius 3 is 1.97 bits per heavy atom. The standard InChI is InChI=1S/C24H30N2O.C2H6.CH4.H2/c1-4-19(24(25)27)15-16-22(26-3)17-23(21-13-9-6-10-14-21)18(2)20-11-7-5-8-12-20;1-2;;/h5-14,17,19,22,26H,2,4,15-16H2,1,3H3,(H2,25,27);1-2H3;1H4;1H/b23-17+;;;. The largest absolute Gasteiger partial charge is 0.369 e. The lowest BCUT2D eigenvalue weighted by atomic mass is 9.90. The predicted molar refractivity (Wildman–Crippen MR) is 135 cm³/mol. The van der Waals surface area contributed by atoms with Crippen molar-refractivity contribution in [1.82, 2.24) is 5.32 Å². The van der Waals surface area contributed by atoms with Gasteiger partial charge in [-0.15, -0.1) is 0 Å². The highest BCUT2D eigenvalue weighted by molar-refractivity contribution is 6.04. The fourth-order valence-corrected chi connectivity index (χ4v) is 3.22. The smallest absolute Gasteiger partial charge is 0.220 e. The van der Waals surface area contributed by atoms with Gasteiger partial charge in [-0.25, -0.2) is 0 Å². The molecule has 1 amide bonds. The number of carbonyl (C=O) groups is 1. The fraction of sp³-hybridized carbons (Fsp3) is 0.370. The predicted octanol–water partition coefficient (Wildman–Crippen LogP) is 6.57. The monoisotopic (exact) mass is 410 g/mol. The van der Waals surface area contributed by atoms with Crippen molar-refractivity contribution in [2.45, 2.75) is 53.5 Å². The Bertz CT molecular complexity index is 772. The van der Waals surface area contributed by atoms with Crippen LogP contribution in [0, 0.1) is 5.92 Å². The average molecular weight is 411 g/mol. The first-order valence-corrected chi connectivity index (χ1v) is 10.5. The van der Waals surface area contributed by atoms with Gasteiger partial charge >= 0.3 is 0 Å². The number of rotatable bonds is 10. The molecule has 2 unspecified atom stereocenters. The molecule has 2 aromatic carbocycles. The van der Waals surface area contributed by atoms with Gasteiger partial charge < -0.3 is 11.1 Å². The summed E-state index contributed by atoms with van der Waals surface area (Å²) in [7, 11) is 1.94. The van der Waals surface area contributed by atoms with E-state index in [1.165, 1.54) is 0 Å². The van der Waals surface area contributed by atoms with E-state index in [0.717, 1.165) is 41.5 Å². The van der Waals surface area contributed by atoms with E-state index in [1.54, 1.807) is 0 Å². The molecule has 0 aliphatic heterocycles. The number of hydrogen-bond acceptors (Lipinski definition) is 2. The van der Waals surface area contributed by atoms with Gasteiger partial charge in [-0.2, -0.15) is 0 Å². The number of allylic oxidation sites excluding steroid dienone is 2. The molecule has 0 saturated carbocycles. The van der Waals surface area contributed by atoms with Crippen molar-refractivity contribution in [2.24, 2.45) is 11.7 Å². The maximum atomic E-state index is 11.5. The van der Waals surface area contributed by atoms with Crippen LogP contribution in [-0.2, 0) is 4.79 Å². The average Bonchev–Trinajstić information content (AvgIpc) is 2.78. The molecule has 2 atom stereocenters. The number of likely N-dealkylation sites (N-methyl/N-ethyl adjacent to an activating group) is 1. The highest BCUT2D eigenvalue weighted by atomic mass is 16.1. The van der Waals surface area contributed by atoms with Crippen molar-refractivity contribution in [3.05, 3.63) is 84.4 Å². The second-order valence-corrected chi connectivity index (χ2v) is 6.77. The van der Waals surface area contributed by atoms with E-state index < -0.39 is 0 Å². The SMILES string of the molecule is C.C=C(/C(=C\C(CCC(CC)C(N)=O)NC)c1ccccc1)c1ccccc1.CC.[HH]. The molecule has 2 rings (SSSR count). The summed E-state index contributed by atoms with van der Waals surface area (Å²) in [5.41, 5.74) is 9.83. The van der Waals surface area contributed by atoms with Crippen LogP contribution in [0.15, 0.2) is 73.3 Å². The van der Waals surface area contributed by atoms with Crippen LogP contribution in [0.3, 0.4) is 0 Å². The number of hydrogen-bond donors (Lipinski definition) is 2. The summed E-state index contributed by atoms with van der Waals surface area (Å²) in [4.78, 5) is 11.5. The first kappa shape index (κ1) is 27.4. The maximum absolute atomic E-state index is 11.5. The topological polar surface area (TPSA) is 55.1 Å². The molecular formula is C27H42N2O. The molecule has 2 aromatic rings. The minimum atomic E-state index is -0.215. The van der Waals surface area contributed by atoms with Crippen LogP contribution < -0.4 is 11.1 Å². The third-order valence-electron chi connectivity index (χ3n) is 4.99. The van der Waals surface area contributed by atoms with Crippen molar-refractivity contribution in [3.8, 4) is 0 Å². The van der Waals surface area contributed by atoms with Crippen molar-refractivity contribution in [3.63, 3.8) is 0 Å². The zero-order valence-corrected chi connectivity index (χ0v) is 18.3. The lowest BCUT2D eigenvalue weighted by Crippen LogP contribution is -2.28. The molecule has 0 aromatic heterocycles. The molecule has 30 heavy (non-hydrogen) atoms. The van der Waals surface area contributed by atoms with Gasteiger partial charge in [-0.1, -0.05) is 102 Å². The minimum Gasteiger partial charge on any atom is -0.369 e. The summed E-state index contributed by atoms with van der Waals surface area (Å²) in [6.07, 6.45) is 4.61. The molecule has 0 spiro atoms. The molecule has 0 saturated heterocycles. The quantitative estimate of drug-likeness (QED) is 0.435. The summed E-state index contributed by atoms with van der Waals surface area (Å²) in [6.45, 7) is 10.4. The van der Waals surface area contributed by atoms with Gasteiger partial charge in [0.05, 0.1) is 0 Å². The van der Waals surface area contributed by atoms with Gasteiger partial charge in [0.25, 0.3) is 0 Å². The van der Waals surface area contributed by atoms with Crippen molar-refractivity contribution < 1.29 is 6.22 Å². The Hall–Kier alpha value is -2.65. The van der Waals surface area contributed by atoms with Gasteiger partial charge in [0.15, 0.2) is 0 Å². The Balaban J connectivity index is 0. The van der Waals surface area contributed by atoms with Crippen LogP contribution in [0.4, 0.5) is 0 Å². The van der Waals surface area contributed by atoms with Crippen molar-refractivity contribution >= 4 is 17.1 Å². The van der Waals surface area contributed by atoms with E-state index in [4.69, 9.17) is 5.73 Å². The molecular weight excluding hydrogens is 368 g/mol. The van der Waals surface area contributed by atoms with Crippen LogP contribution in [0.1, 0.15) is 60.0 Å². The molecule has 3 heteroatoms. The molecule has 166 valence electrons. The zero-order chi connectivity index (χ0) is 21.6. The summed E-state index contributed by atoms with van der Waals surface area (Å²) in [6, 6.07) is 20.6. The number of nitrogens with one attached hydrogen (secondary N) is 1. The van der Waals surface area contributed by atoms with Gasteiger partial charge in [-0.05, 0) is 48.6 Å². The van der Waals surface area contributed by atoms with Crippen LogP contribution in [0.25, 0.3) is 11.1 Å². The van der Waals surface area contributed by atoms with E-state index in [9.17, 15) is 4.79 Å². The third kappa shape index (κ3) is 8.38. The number of benzene rings is 2. The van der Waals surface area contributed by atoms with Crippen LogP contribution in [0.5, 0.6) is 0 Å². The molecule has 0 bridgehead atoms. The molecule has 0 radical (unpaired) electrons. The summed E-state index contributed by atoms with van der Waals surface area (Å²) in [5.74, 6) is -0.292. The number of primary amides is 1. The normalized spacial score (nSPS) is 12.6. The number of nitrogens with two attached hydrogens (primary N) is 1. The minimum absolute atomic E-state index is 0. The summed E-state index contributed by atoms with van der Waals surface area (Å²) >= 11 is 0. The van der Waals surface area contributed by atoms with Crippen LogP contribution >= 0.6 is 0 Å². The first-order valence-electron chi connectivity index (χ1n) is 10.5. The highest BCUT2D eigenvalue weighted by Crippen LogP contribution is 2.30. The Morgan fingerprint density at radius 2 is 1.53 bits per heavy atom. The Kier molecular flexibility index (Phi) is 13.9. The number of carbonyl (C=O) groups excluding carboxylic acids is 1. The van der Waals surface area contributed by atoms with E-state index in [-0.39, 0.29) is 26.7 Å². The van der Waals surface area contributed by atoms with E-state index >= 15 is 0 Å². The molecule has 3 nitrogen and oxygen atoms in total. The lowest BCUT2D eigenvalue weighted by molar-refractivity contribution is -0.122. The maximum Gasteiger partial charge on any atom is 0.220 e. The fourth-order valence-electron chi connectivity index (χ4n) is 3.22. The molecule has 0 heterocycles. The second kappa shape index (κ2) is 15.2. The van der Waals surface area contributed by atoms with Crippen molar-refractivity contribution in [2.75, 3.05) is 7.05 Å². The van der Waals surface area contributed by atoms with E-state index in [1.807, 2.05) is 64.2 Å². The molecule has 0 aliphatic carbocycles. The van der Waals surface area contributed by atoms with Gasteiger partial charge in [0.2, 0.25) is 5.91 Å². The summed E-state index contributed by atoms with van der Waals surface area (Å²) < 4.78 is 0. The third-order valence-corrected chi connectivity index (χ3v) is 4.99. The van der Waals surface area contributed by atoms with Gasteiger partial charge in [-0.3, -0.25) is 4.79 Å². The van der Waals surface area contributed by atoms with Gasteiger partial charge in [0, 0.05) is 13.4 Å². The lowest BCUT2D eigenvalue weighted by Gasteiger charge is -2.19. The number of amides is 1. The highest BCUT2D eigenvalue weighted by Gasteiger charge is 2.16. The summed E-state index contributed by atoms with van der Waals surface area (Å²) in [5, 5.41) is 3.36. The molecule has 3 N–H and O–H groups in total. The molecule has 0 fully saturated rings. The first-order chi connectivity index (χ1) is 14.1. The van der Waals surface area contributed by atoms with Gasteiger partial charge in [0.1, 0.15) is 0 Å². The van der Waals surface area contributed by atoms with E-state index in [0.29, 0.717) is 0 Å². The Labute approximate surface area is 185 Å². The zero-order valence-electron chi connectivity index (χ0n) is 18.3. The molecule has 0 aliphatic rings. The van der Waals surface area contributed by atoms with Crippen molar-refractivity contribution in [1.29, 1.82) is 0 Å². The Morgan fingerprint density at radius 1 is 1.03 bits per heavy atom. The van der Waals surface area contributed by atoms with Crippen LogP contribution in [0.2, 0.25) is 0 Å².